The second-order valence-corrected chi connectivity index (χ2v) is 5.79. The molecular weight excluding hydrogens is 268 g/mol. The molecule has 2 fully saturated rings. The van der Waals surface area contributed by atoms with Gasteiger partial charge in [-0.1, -0.05) is 0 Å². The van der Waals surface area contributed by atoms with Crippen molar-refractivity contribution in [1.29, 1.82) is 0 Å². The first kappa shape index (κ1) is 10.5. The van der Waals surface area contributed by atoms with Gasteiger partial charge in [0, 0.05) is 6.20 Å². The largest absolute Gasteiger partial charge is 0.386 e. The zero-order valence-corrected chi connectivity index (χ0v) is 10.9. The zero-order chi connectivity index (χ0) is 11.3. The van der Waals surface area contributed by atoms with Crippen molar-refractivity contribution in [2.45, 2.75) is 25.4 Å². The third kappa shape index (κ3) is 1.55. The van der Waals surface area contributed by atoms with Crippen molar-refractivity contribution < 1.29 is 5.11 Å². The van der Waals surface area contributed by atoms with Crippen LogP contribution in [0.1, 0.15) is 18.4 Å². The molecule has 0 aromatic carbocycles. The molecule has 0 atom stereocenters. The molecule has 3 rings (SSSR count). The summed E-state index contributed by atoms with van der Waals surface area (Å²) in [5.41, 5.74) is 0.747. The second kappa shape index (κ2) is 3.44. The summed E-state index contributed by atoms with van der Waals surface area (Å²) in [7, 11) is 0. The normalized spacial score (nSPS) is 23.1. The van der Waals surface area contributed by atoms with Crippen molar-refractivity contribution in [2.24, 2.45) is 5.92 Å². The van der Waals surface area contributed by atoms with Gasteiger partial charge in [0.25, 0.3) is 0 Å². The molecule has 4 heteroatoms. The Morgan fingerprint density at radius 2 is 2.19 bits per heavy atom. The highest BCUT2D eigenvalue weighted by Gasteiger charge is 2.52. The summed E-state index contributed by atoms with van der Waals surface area (Å²) in [5, 5.41) is 10.3. The maximum Gasteiger partial charge on any atom is 0.143 e. The summed E-state index contributed by atoms with van der Waals surface area (Å²) in [6, 6.07) is 1.99. The molecule has 2 heterocycles. The zero-order valence-electron chi connectivity index (χ0n) is 9.28. The topological polar surface area (TPSA) is 36.4 Å². The van der Waals surface area contributed by atoms with Crippen LogP contribution in [0.3, 0.4) is 0 Å². The SMILES string of the molecule is Cc1ccnc(N2CC(O)(C3CC3)C2)c1Br. The van der Waals surface area contributed by atoms with E-state index < -0.39 is 5.60 Å². The minimum atomic E-state index is -0.440. The number of pyridine rings is 1. The van der Waals surface area contributed by atoms with Gasteiger partial charge < -0.3 is 10.0 Å². The van der Waals surface area contributed by atoms with Gasteiger partial charge in [-0.25, -0.2) is 4.98 Å². The Labute approximate surface area is 104 Å². The van der Waals surface area contributed by atoms with Crippen molar-refractivity contribution in [1.82, 2.24) is 4.98 Å². The van der Waals surface area contributed by atoms with E-state index in [1.165, 1.54) is 18.4 Å². The highest BCUT2D eigenvalue weighted by molar-refractivity contribution is 9.10. The van der Waals surface area contributed by atoms with Crippen LogP contribution in [0.2, 0.25) is 0 Å². The van der Waals surface area contributed by atoms with Gasteiger partial charge in [-0.05, 0) is 53.2 Å². The van der Waals surface area contributed by atoms with Crippen LogP contribution in [-0.2, 0) is 0 Å². The van der Waals surface area contributed by atoms with Gasteiger partial charge in [0.1, 0.15) is 11.4 Å². The van der Waals surface area contributed by atoms with Crippen LogP contribution in [0.4, 0.5) is 5.82 Å². The van der Waals surface area contributed by atoms with Crippen LogP contribution in [0.15, 0.2) is 16.7 Å². The standard InChI is InChI=1S/C12H15BrN2O/c1-8-4-5-14-11(10(8)13)15-6-12(16,7-15)9-2-3-9/h4-5,9,16H,2-3,6-7H2,1H3. The van der Waals surface area contributed by atoms with Gasteiger partial charge in [0.2, 0.25) is 0 Å². The lowest BCUT2D eigenvalue weighted by Crippen LogP contribution is -2.63. The minimum Gasteiger partial charge on any atom is -0.386 e. The second-order valence-electron chi connectivity index (χ2n) is 5.00. The third-order valence-corrected chi connectivity index (χ3v) is 4.61. The summed E-state index contributed by atoms with van der Waals surface area (Å²) < 4.78 is 1.05. The van der Waals surface area contributed by atoms with Crippen LogP contribution in [-0.4, -0.2) is 28.8 Å². The molecule has 0 spiro atoms. The molecule has 1 aliphatic heterocycles. The fourth-order valence-electron chi connectivity index (χ4n) is 2.39. The smallest absolute Gasteiger partial charge is 0.143 e. The third-order valence-electron chi connectivity index (χ3n) is 3.63. The number of β-amino-alcohol motifs (C(OH)–C–C–N with tert-alkyl or cyclic N) is 1. The van der Waals surface area contributed by atoms with E-state index in [0.29, 0.717) is 5.92 Å². The van der Waals surface area contributed by atoms with E-state index in [2.05, 4.69) is 32.7 Å². The summed E-state index contributed by atoms with van der Waals surface area (Å²) in [6.45, 7) is 3.52. The number of hydrogen-bond donors (Lipinski definition) is 1. The van der Waals surface area contributed by atoms with Crippen LogP contribution in [0.25, 0.3) is 0 Å². The molecule has 1 saturated heterocycles. The molecule has 0 bridgehead atoms. The molecule has 1 saturated carbocycles. The summed E-state index contributed by atoms with van der Waals surface area (Å²) >= 11 is 3.56. The highest BCUT2D eigenvalue weighted by Crippen LogP contribution is 2.46. The molecule has 0 radical (unpaired) electrons. The summed E-state index contributed by atoms with van der Waals surface area (Å²) in [4.78, 5) is 6.52. The van der Waals surface area contributed by atoms with Gasteiger partial charge in [-0.2, -0.15) is 0 Å². The fraction of sp³-hybridized carbons (Fsp3) is 0.583. The maximum absolute atomic E-state index is 10.3. The monoisotopic (exact) mass is 282 g/mol. The Hall–Kier alpha value is -0.610. The summed E-state index contributed by atoms with van der Waals surface area (Å²) in [6.07, 6.45) is 4.20. The van der Waals surface area contributed by atoms with Gasteiger partial charge >= 0.3 is 0 Å². The molecule has 1 N–H and O–H groups in total. The minimum absolute atomic E-state index is 0.440. The van der Waals surface area contributed by atoms with E-state index in [9.17, 15) is 5.11 Å². The number of aliphatic hydroxyl groups is 1. The van der Waals surface area contributed by atoms with E-state index >= 15 is 0 Å². The van der Waals surface area contributed by atoms with E-state index in [0.717, 1.165) is 23.4 Å². The van der Waals surface area contributed by atoms with Crippen molar-refractivity contribution >= 4 is 21.7 Å². The molecule has 3 nitrogen and oxygen atoms in total. The van der Waals surface area contributed by atoms with Gasteiger partial charge in [-0.15, -0.1) is 0 Å². The number of anilines is 1. The molecule has 16 heavy (non-hydrogen) atoms. The van der Waals surface area contributed by atoms with Crippen LogP contribution in [0.5, 0.6) is 0 Å². The van der Waals surface area contributed by atoms with Crippen molar-refractivity contribution in [3.05, 3.63) is 22.3 Å². The molecule has 1 aromatic rings. The van der Waals surface area contributed by atoms with Gasteiger partial charge in [-0.3, -0.25) is 0 Å². The van der Waals surface area contributed by atoms with E-state index in [4.69, 9.17) is 0 Å². The molecule has 0 unspecified atom stereocenters. The lowest BCUT2D eigenvalue weighted by molar-refractivity contribution is -0.00982. The molecule has 2 aliphatic rings. The molecule has 86 valence electrons. The Kier molecular flexibility index (Phi) is 2.27. The first-order chi connectivity index (χ1) is 7.60. The fourth-order valence-corrected chi connectivity index (χ4v) is 2.87. The molecular formula is C12H15BrN2O. The number of nitrogens with zero attached hydrogens (tertiary/aromatic N) is 2. The lowest BCUT2D eigenvalue weighted by atomic mass is 9.89. The Morgan fingerprint density at radius 3 is 2.81 bits per heavy atom. The number of aromatic nitrogens is 1. The van der Waals surface area contributed by atoms with Gasteiger partial charge in [0.05, 0.1) is 17.6 Å². The first-order valence-corrected chi connectivity index (χ1v) is 6.48. The average molecular weight is 283 g/mol. The number of aryl methyl sites for hydroxylation is 1. The van der Waals surface area contributed by atoms with Crippen molar-refractivity contribution in [2.75, 3.05) is 18.0 Å². The predicted molar refractivity (Wildman–Crippen MR) is 66.6 cm³/mol. The first-order valence-electron chi connectivity index (χ1n) is 5.68. The van der Waals surface area contributed by atoms with Crippen LogP contribution < -0.4 is 4.90 Å². The quantitative estimate of drug-likeness (QED) is 0.903. The van der Waals surface area contributed by atoms with E-state index in [1.807, 2.05) is 12.3 Å². The van der Waals surface area contributed by atoms with Gasteiger partial charge in [0.15, 0.2) is 0 Å². The summed E-state index contributed by atoms with van der Waals surface area (Å²) in [5.74, 6) is 1.50. The number of rotatable bonds is 2. The number of hydrogen-bond acceptors (Lipinski definition) is 3. The Morgan fingerprint density at radius 1 is 1.50 bits per heavy atom. The molecule has 1 aromatic heterocycles. The van der Waals surface area contributed by atoms with Crippen molar-refractivity contribution in [3.8, 4) is 0 Å². The molecule has 0 amide bonds. The predicted octanol–water partition coefficient (Wildman–Crippen LogP) is 2.11. The number of halogens is 1. The van der Waals surface area contributed by atoms with Crippen molar-refractivity contribution in [3.63, 3.8) is 0 Å². The lowest BCUT2D eigenvalue weighted by Gasteiger charge is -2.48. The maximum atomic E-state index is 10.3. The van der Waals surface area contributed by atoms with E-state index in [-0.39, 0.29) is 0 Å². The Balaban J connectivity index is 1.78. The highest BCUT2D eigenvalue weighted by atomic mass is 79.9. The Bertz CT molecular complexity index is 425. The van der Waals surface area contributed by atoms with Crippen LogP contribution >= 0.6 is 15.9 Å². The molecule has 1 aliphatic carbocycles. The van der Waals surface area contributed by atoms with E-state index in [1.54, 1.807) is 0 Å². The van der Waals surface area contributed by atoms with Crippen LogP contribution in [0, 0.1) is 12.8 Å². The average Bonchev–Trinajstić information content (AvgIpc) is 3.01.